The molecule has 0 bridgehead atoms. The van der Waals surface area contributed by atoms with Crippen LogP contribution in [0.4, 0.5) is 4.39 Å². The molecule has 136 valence electrons. The average Bonchev–Trinajstić information content (AvgIpc) is 2.95. The summed E-state index contributed by atoms with van der Waals surface area (Å²) in [7, 11) is 0. The third-order valence-electron chi connectivity index (χ3n) is 4.50. The van der Waals surface area contributed by atoms with Crippen molar-refractivity contribution in [3.63, 3.8) is 0 Å². The van der Waals surface area contributed by atoms with Crippen molar-refractivity contribution in [3.05, 3.63) is 69.6 Å². The molecule has 1 amide bonds. The summed E-state index contributed by atoms with van der Waals surface area (Å²) < 4.78 is 20.5. The van der Waals surface area contributed by atoms with Crippen molar-refractivity contribution in [1.29, 1.82) is 0 Å². The summed E-state index contributed by atoms with van der Waals surface area (Å²) in [4.78, 5) is 27.5. The summed E-state index contributed by atoms with van der Waals surface area (Å²) in [5.41, 5.74) is 1.04. The van der Waals surface area contributed by atoms with Gasteiger partial charge in [-0.05, 0) is 44.5 Å². The highest BCUT2D eigenvalue weighted by atomic mass is 19.1. The molecule has 0 aliphatic rings. The smallest absolute Gasteiger partial charge is 0.262 e. The molecule has 3 rings (SSSR count). The maximum Gasteiger partial charge on any atom is 0.262 e. The molecule has 2 aromatic heterocycles. The van der Waals surface area contributed by atoms with Gasteiger partial charge in [-0.25, -0.2) is 4.39 Å². The maximum atomic E-state index is 13.4. The van der Waals surface area contributed by atoms with Crippen LogP contribution in [0.15, 0.2) is 45.7 Å². The molecule has 6 heteroatoms. The van der Waals surface area contributed by atoms with Gasteiger partial charge in [-0.2, -0.15) is 0 Å². The summed E-state index contributed by atoms with van der Waals surface area (Å²) in [6, 6.07) is 7.77. The molecule has 1 aromatic carbocycles. The Labute approximate surface area is 150 Å². The standard InChI is InChI=1S/C20H21FN2O3/c1-4-22(5-2)19(24)17-13(3)26-16-9-10-23(20(25)18(16)17)12-14-7-6-8-15(21)11-14/h6-11H,4-5,12H2,1-3H3. The summed E-state index contributed by atoms with van der Waals surface area (Å²) in [6.45, 7) is 6.78. The van der Waals surface area contributed by atoms with Crippen molar-refractivity contribution in [1.82, 2.24) is 9.47 Å². The summed E-state index contributed by atoms with van der Waals surface area (Å²) in [6.07, 6.45) is 1.60. The zero-order valence-corrected chi connectivity index (χ0v) is 15.1. The molecule has 0 saturated heterocycles. The molecule has 0 saturated carbocycles. The van der Waals surface area contributed by atoms with E-state index in [1.807, 2.05) is 13.8 Å². The van der Waals surface area contributed by atoms with Gasteiger partial charge in [-0.1, -0.05) is 12.1 Å². The average molecular weight is 356 g/mol. The Balaban J connectivity index is 2.12. The predicted molar refractivity (Wildman–Crippen MR) is 98.0 cm³/mol. The van der Waals surface area contributed by atoms with E-state index in [9.17, 15) is 14.0 Å². The fourth-order valence-corrected chi connectivity index (χ4v) is 3.15. The lowest BCUT2D eigenvalue weighted by atomic mass is 10.1. The summed E-state index contributed by atoms with van der Waals surface area (Å²) >= 11 is 0. The Morgan fingerprint density at radius 1 is 1.23 bits per heavy atom. The molecule has 2 heterocycles. The topological polar surface area (TPSA) is 55.5 Å². The van der Waals surface area contributed by atoms with Crippen LogP contribution in [0.3, 0.4) is 0 Å². The lowest BCUT2D eigenvalue weighted by Gasteiger charge is -2.18. The Hall–Kier alpha value is -2.89. The third-order valence-corrected chi connectivity index (χ3v) is 4.50. The van der Waals surface area contributed by atoms with E-state index in [-0.39, 0.29) is 29.2 Å². The molecule has 3 aromatic rings. The number of furan rings is 1. The third kappa shape index (κ3) is 3.14. The Morgan fingerprint density at radius 2 is 1.96 bits per heavy atom. The number of pyridine rings is 1. The first-order chi connectivity index (χ1) is 12.5. The van der Waals surface area contributed by atoms with E-state index in [2.05, 4.69) is 0 Å². The number of hydrogen-bond donors (Lipinski definition) is 0. The number of rotatable bonds is 5. The molecular formula is C20H21FN2O3. The van der Waals surface area contributed by atoms with Gasteiger partial charge in [0.05, 0.1) is 17.5 Å². The second-order valence-electron chi connectivity index (χ2n) is 6.13. The van der Waals surface area contributed by atoms with Gasteiger partial charge in [0.15, 0.2) is 0 Å². The fraction of sp³-hybridized carbons (Fsp3) is 0.300. The predicted octanol–water partition coefficient (Wildman–Crippen LogP) is 3.57. The van der Waals surface area contributed by atoms with Gasteiger partial charge >= 0.3 is 0 Å². The first-order valence-electron chi connectivity index (χ1n) is 8.62. The number of nitrogens with zero attached hydrogens (tertiary/aromatic N) is 2. The largest absolute Gasteiger partial charge is 0.460 e. The van der Waals surface area contributed by atoms with Crippen LogP contribution in [0.5, 0.6) is 0 Å². The minimum absolute atomic E-state index is 0.216. The maximum absolute atomic E-state index is 13.4. The molecule has 0 atom stereocenters. The van der Waals surface area contributed by atoms with Gasteiger partial charge in [-0.3, -0.25) is 9.59 Å². The lowest BCUT2D eigenvalue weighted by Crippen LogP contribution is -2.32. The van der Waals surface area contributed by atoms with Crippen LogP contribution < -0.4 is 5.56 Å². The minimum atomic E-state index is -0.354. The van der Waals surface area contributed by atoms with Crippen molar-refractivity contribution in [2.45, 2.75) is 27.3 Å². The number of aromatic nitrogens is 1. The SMILES string of the molecule is CCN(CC)C(=O)c1c(C)oc2ccn(Cc3cccc(F)c3)c(=O)c12. The van der Waals surface area contributed by atoms with Crippen LogP contribution in [-0.4, -0.2) is 28.5 Å². The van der Waals surface area contributed by atoms with Crippen LogP contribution in [0.2, 0.25) is 0 Å². The van der Waals surface area contributed by atoms with Crippen LogP contribution in [-0.2, 0) is 6.54 Å². The summed E-state index contributed by atoms with van der Waals surface area (Å²) in [5, 5.41) is 0.276. The number of fused-ring (bicyclic) bond motifs is 1. The number of aryl methyl sites for hydroxylation is 1. The highest BCUT2D eigenvalue weighted by Crippen LogP contribution is 2.24. The first-order valence-corrected chi connectivity index (χ1v) is 8.62. The normalized spacial score (nSPS) is 11.1. The first kappa shape index (κ1) is 17.9. The van der Waals surface area contributed by atoms with Crippen LogP contribution in [0.1, 0.15) is 35.5 Å². The molecule has 0 N–H and O–H groups in total. The second kappa shape index (κ2) is 7.15. The number of carbonyl (C=O) groups is 1. The van der Waals surface area contributed by atoms with Crippen molar-refractivity contribution in [2.75, 3.05) is 13.1 Å². The Kier molecular flexibility index (Phi) is 4.93. The van der Waals surface area contributed by atoms with E-state index in [1.54, 1.807) is 36.2 Å². The molecule has 0 unspecified atom stereocenters. The van der Waals surface area contributed by atoms with E-state index < -0.39 is 0 Å². The van der Waals surface area contributed by atoms with Gasteiger partial charge in [0.25, 0.3) is 11.5 Å². The Morgan fingerprint density at radius 3 is 2.62 bits per heavy atom. The van der Waals surface area contributed by atoms with Crippen LogP contribution >= 0.6 is 0 Å². The van der Waals surface area contributed by atoms with Crippen molar-refractivity contribution >= 4 is 16.9 Å². The van der Waals surface area contributed by atoms with E-state index >= 15 is 0 Å². The fourth-order valence-electron chi connectivity index (χ4n) is 3.15. The number of hydrogen-bond acceptors (Lipinski definition) is 3. The summed E-state index contributed by atoms with van der Waals surface area (Å²) in [5.74, 6) is -0.141. The van der Waals surface area contributed by atoms with Gasteiger partial charge in [0, 0.05) is 19.3 Å². The van der Waals surface area contributed by atoms with Gasteiger partial charge in [0.1, 0.15) is 17.2 Å². The van der Waals surface area contributed by atoms with E-state index in [4.69, 9.17) is 4.42 Å². The Bertz CT molecular complexity index is 1020. The molecular weight excluding hydrogens is 335 g/mol. The van der Waals surface area contributed by atoms with Crippen molar-refractivity contribution in [2.24, 2.45) is 0 Å². The van der Waals surface area contributed by atoms with Gasteiger partial charge < -0.3 is 13.9 Å². The molecule has 0 spiro atoms. The number of benzene rings is 1. The molecule has 0 aliphatic heterocycles. The minimum Gasteiger partial charge on any atom is -0.460 e. The van der Waals surface area contributed by atoms with E-state index in [1.165, 1.54) is 16.7 Å². The highest BCUT2D eigenvalue weighted by molar-refractivity contribution is 6.06. The zero-order valence-electron chi connectivity index (χ0n) is 15.1. The number of halogens is 1. The van der Waals surface area contributed by atoms with Crippen LogP contribution in [0, 0.1) is 12.7 Å². The van der Waals surface area contributed by atoms with Crippen LogP contribution in [0.25, 0.3) is 11.0 Å². The van der Waals surface area contributed by atoms with E-state index in [0.29, 0.717) is 35.6 Å². The monoisotopic (exact) mass is 356 g/mol. The highest BCUT2D eigenvalue weighted by Gasteiger charge is 2.24. The molecule has 0 radical (unpaired) electrons. The van der Waals surface area contributed by atoms with Crippen molar-refractivity contribution < 1.29 is 13.6 Å². The molecule has 0 fully saturated rings. The van der Waals surface area contributed by atoms with Crippen molar-refractivity contribution in [3.8, 4) is 0 Å². The second-order valence-corrected chi connectivity index (χ2v) is 6.13. The van der Waals surface area contributed by atoms with E-state index in [0.717, 1.165) is 0 Å². The van der Waals surface area contributed by atoms with Gasteiger partial charge in [0.2, 0.25) is 0 Å². The molecule has 0 aliphatic carbocycles. The number of amides is 1. The van der Waals surface area contributed by atoms with Gasteiger partial charge in [-0.15, -0.1) is 0 Å². The number of carbonyl (C=O) groups excluding carboxylic acids is 1. The quantitative estimate of drug-likeness (QED) is 0.702. The lowest BCUT2D eigenvalue weighted by molar-refractivity contribution is 0.0773. The molecule has 5 nitrogen and oxygen atoms in total. The molecule has 26 heavy (non-hydrogen) atoms. The zero-order chi connectivity index (χ0) is 18.8.